The van der Waals surface area contributed by atoms with Gasteiger partial charge in [-0.15, -0.1) is 11.8 Å². The Kier molecular flexibility index (Phi) is 5.03. The number of rotatable bonds is 6. The van der Waals surface area contributed by atoms with E-state index in [9.17, 15) is 8.42 Å². The van der Waals surface area contributed by atoms with Gasteiger partial charge in [0.1, 0.15) is 10.7 Å². The van der Waals surface area contributed by atoms with E-state index in [2.05, 4.69) is 10.3 Å². The summed E-state index contributed by atoms with van der Waals surface area (Å²) in [5.74, 6) is 1.26. The molecule has 1 N–H and O–H groups in total. The molecule has 6 heteroatoms. The largest absolute Gasteiger partial charge is 0.368 e. The van der Waals surface area contributed by atoms with Crippen LogP contribution in [0.5, 0.6) is 0 Å². The maximum atomic E-state index is 11.6. The quantitative estimate of drug-likeness (QED) is 0.657. The van der Waals surface area contributed by atoms with Crippen LogP contribution < -0.4 is 5.32 Å². The van der Waals surface area contributed by atoms with Gasteiger partial charge in [-0.1, -0.05) is 18.2 Å². The van der Waals surface area contributed by atoms with E-state index in [1.54, 1.807) is 30.1 Å². The van der Waals surface area contributed by atoms with Crippen LogP contribution in [0.15, 0.2) is 58.5 Å². The summed E-state index contributed by atoms with van der Waals surface area (Å²) in [5.41, 5.74) is 0. The molecule has 0 atom stereocenters. The Morgan fingerprint density at radius 1 is 1.15 bits per heavy atom. The monoisotopic (exact) mass is 308 g/mol. The van der Waals surface area contributed by atoms with Gasteiger partial charge in [-0.25, -0.2) is 13.4 Å². The van der Waals surface area contributed by atoms with Crippen LogP contribution in [0.4, 0.5) is 5.82 Å². The van der Waals surface area contributed by atoms with Crippen molar-refractivity contribution in [1.82, 2.24) is 4.98 Å². The number of aromatic nitrogens is 1. The second-order valence-corrected chi connectivity index (χ2v) is 7.36. The van der Waals surface area contributed by atoms with E-state index in [-0.39, 0.29) is 4.90 Å². The molecule has 0 spiro atoms. The van der Waals surface area contributed by atoms with Crippen molar-refractivity contribution < 1.29 is 8.42 Å². The highest BCUT2D eigenvalue weighted by atomic mass is 32.2. The molecule has 0 bridgehead atoms. The smallest absolute Gasteiger partial charge is 0.179 e. The number of sulfone groups is 1. The van der Waals surface area contributed by atoms with Crippen LogP contribution in [-0.2, 0) is 9.84 Å². The van der Waals surface area contributed by atoms with Gasteiger partial charge in [0.2, 0.25) is 0 Å². The molecule has 0 saturated heterocycles. The van der Waals surface area contributed by atoms with E-state index in [1.807, 2.05) is 30.3 Å². The Labute approximate surface area is 123 Å². The normalized spacial score (nSPS) is 11.2. The van der Waals surface area contributed by atoms with E-state index < -0.39 is 9.84 Å². The fraction of sp³-hybridized carbons (Fsp3) is 0.214. The summed E-state index contributed by atoms with van der Waals surface area (Å²) < 4.78 is 23.2. The Balaban J connectivity index is 1.92. The van der Waals surface area contributed by atoms with Crippen molar-refractivity contribution in [1.29, 1.82) is 0 Å². The van der Waals surface area contributed by atoms with Crippen molar-refractivity contribution in [2.75, 3.05) is 23.9 Å². The number of hydrogen-bond acceptors (Lipinski definition) is 5. The lowest BCUT2D eigenvalue weighted by Crippen LogP contribution is -2.10. The van der Waals surface area contributed by atoms with Crippen LogP contribution in [0.3, 0.4) is 0 Å². The predicted octanol–water partition coefficient (Wildman–Crippen LogP) is 2.69. The van der Waals surface area contributed by atoms with Gasteiger partial charge in [0.05, 0.1) is 0 Å². The topological polar surface area (TPSA) is 59.1 Å². The lowest BCUT2D eigenvalue weighted by Gasteiger charge is -2.09. The summed E-state index contributed by atoms with van der Waals surface area (Å²) in [6, 6.07) is 13.3. The predicted molar refractivity (Wildman–Crippen MR) is 83.0 cm³/mol. The number of thioether (sulfide) groups is 1. The summed E-state index contributed by atoms with van der Waals surface area (Å²) in [7, 11) is -3.25. The highest BCUT2D eigenvalue weighted by molar-refractivity contribution is 7.99. The first-order valence-corrected chi connectivity index (χ1v) is 9.02. The number of benzene rings is 1. The third-order valence-corrected chi connectivity index (χ3v) is 4.72. The van der Waals surface area contributed by atoms with Gasteiger partial charge in [0.15, 0.2) is 9.84 Å². The lowest BCUT2D eigenvalue weighted by molar-refractivity contribution is 0.602. The van der Waals surface area contributed by atoms with E-state index in [1.165, 1.54) is 11.2 Å². The summed E-state index contributed by atoms with van der Waals surface area (Å²) in [5, 5.41) is 3.08. The third kappa shape index (κ3) is 4.25. The molecule has 1 heterocycles. The highest BCUT2D eigenvalue weighted by Crippen LogP contribution is 2.19. The molecule has 2 aromatic rings. The van der Waals surface area contributed by atoms with E-state index >= 15 is 0 Å². The second kappa shape index (κ2) is 6.76. The molecule has 0 aliphatic carbocycles. The van der Waals surface area contributed by atoms with Gasteiger partial charge in [-0.05, 0) is 24.3 Å². The van der Waals surface area contributed by atoms with Crippen LogP contribution in [0.25, 0.3) is 0 Å². The summed E-state index contributed by atoms with van der Waals surface area (Å²) >= 11 is 1.71. The first kappa shape index (κ1) is 14.9. The number of nitrogens with zero attached hydrogens (tertiary/aromatic N) is 1. The molecule has 0 fully saturated rings. The minimum absolute atomic E-state index is 0.240. The third-order valence-electron chi connectivity index (χ3n) is 2.58. The molecule has 106 valence electrons. The highest BCUT2D eigenvalue weighted by Gasteiger charge is 2.13. The molecule has 0 unspecified atom stereocenters. The molecule has 0 amide bonds. The van der Waals surface area contributed by atoms with Crippen molar-refractivity contribution in [2.45, 2.75) is 9.79 Å². The maximum absolute atomic E-state index is 11.6. The SMILES string of the molecule is CS(=O)(=O)c1cccnc1NCCSc1ccccc1. The standard InChI is InChI=1S/C14H16N2O2S2/c1-20(17,18)13-8-5-9-15-14(13)16-10-11-19-12-6-3-2-4-7-12/h2-9H,10-11H2,1H3,(H,15,16). The van der Waals surface area contributed by atoms with Crippen molar-refractivity contribution in [2.24, 2.45) is 0 Å². The molecule has 2 rings (SSSR count). The fourth-order valence-corrected chi connectivity index (χ4v) is 3.27. The van der Waals surface area contributed by atoms with Crippen molar-refractivity contribution in [3.8, 4) is 0 Å². The zero-order chi connectivity index (χ0) is 14.4. The van der Waals surface area contributed by atoms with Crippen molar-refractivity contribution in [3.05, 3.63) is 48.7 Å². The van der Waals surface area contributed by atoms with Gasteiger partial charge in [-0.2, -0.15) is 0 Å². The Hall–Kier alpha value is -1.53. The molecule has 1 aromatic heterocycles. The molecule has 1 aromatic carbocycles. The Morgan fingerprint density at radius 2 is 1.90 bits per heavy atom. The first-order chi connectivity index (χ1) is 9.57. The average Bonchev–Trinajstić information content (AvgIpc) is 2.44. The minimum Gasteiger partial charge on any atom is -0.368 e. The van der Waals surface area contributed by atoms with Gasteiger partial charge < -0.3 is 5.32 Å². The van der Waals surface area contributed by atoms with Crippen LogP contribution in [0.1, 0.15) is 0 Å². The fourth-order valence-electron chi connectivity index (χ4n) is 1.68. The summed E-state index contributed by atoms with van der Waals surface area (Å²) in [6.45, 7) is 0.652. The lowest BCUT2D eigenvalue weighted by atomic mass is 10.4. The zero-order valence-electron chi connectivity index (χ0n) is 11.1. The van der Waals surface area contributed by atoms with Crippen LogP contribution >= 0.6 is 11.8 Å². The molecule has 0 aliphatic rings. The Bertz CT molecular complexity index is 658. The molecular formula is C14H16N2O2S2. The van der Waals surface area contributed by atoms with Gasteiger partial charge in [0, 0.05) is 29.6 Å². The van der Waals surface area contributed by atoms with Crippen LogP contribution in [0.2, 0.25) is 0 Å². The second-order valence-electron chi connectivity index (χ2n) is 4.21. The molecule has 0 radical (unpaired) electrons. The molecule has 20 heavy (non-hydrogen) atoms. The zero-order valence-corrected chi connectivity index (χ0v) is 12.7. The maximum Gasteiger partial charge on any atom is 0.179 e. The molecule has 0 saturated carbocycles. The summed E-state index contributed by atoms with van der Waals surface area (Å²) in [4.78, 5) is 5.52. The number of anilines is 1. The van der Waals surface area contributed by atoms with E-state index in [0.717, 1.165) is 5.75 Å². The number of pyridine rings is 1. The van der Waals surface area contributed by atoms with Crippen molar-refractivity contribution >= 4 is 27.4 Å². The molecular weight excluding hydrogens is 292 g/mol. The average molecular weight is 308 g/mol. The first-order valence-electron chi connectivity index (χ1n) is 6.14. The van der Waals surface area contributed by atoms with Gasteiger partial charge in [0.25, 0.3) is 0 Å². The number of hydrogen-bond donors (Lipinski definition) is 1. The Morgan fingerprint density at radius 3 is 2.60 bits per heavy atom. The van der Waals surface area contributed by atoms with Gasteiger partial charge >= 0.3 is 0 Å². The van der Waals surface area contributed by atoms with Crippen LogP contribution in [-0.4, -0.2) is 32.0 Å². The molecule has 4 nitrogen and oxygen atoms in total. The summed E-state index contributed by atoms with van der Waals surface area (Å²) in [6.07, 6.45) is 2.77. The molecule has 0 aliphatic heterocycles. The number of nitrogens with one attached hydrogen (secondary N) is 1. The van der Waals surface area contributed by atoms with Crippen LogP contribution in [0, 0.1) is 0 Å². The van der Waals surface area contributed by atoms with Crippen molar-refractivity contribution in [3.63, 3.8) is 0 Å². The minimum atomic E-state index is -3.25. The van der Waals surface area contributed by atoms with E-state index in [0.29, 0.717) is 12.4 Å². The van der Waals surface area contributed by atoms with E-state index in [4.69, 9.17) is 0 Å². The van der Waals surface area contributed by atoms with Gasteiger partial charge in [-0.3, -0.25) is 0 Å².